The fourth-order valence-electron chi connectivity index (χ4n) is 5.03. The summed E-state index contributed by atoms with van der Waals surface area (Å²) < 4.78 is 39.3. The predicted octanol–water partition coefficient (Wildman–Crippen LogP) is 6.92. The molecule has 0 bridgehead atoms. The largest absolute Gasteiger partial charge is 0.416 e. The molecule has 2 aromatic carbocycles. The Labute approximate surface area is 252 Å². The van der Waals surface area contributed by atoms with Gasteiger partial charge in [-0.2, -0.15) is 13.2 Å². The van der Waals surface area contributed by atoms with E-state index < -0.39 is 23.9 Å². The molecule has 43 heavy (non-hydrogen) atoms. The molecule has 3 heterocycles. The minimum Gasteiger partial charge on any atom is -0.372 e. The number of piperidine rings is 1. The Hall–Kier alpha value is -4.15. The van der Waals surface area contributed by atoms with Gasteiger partial charge in [-0.05, 0) is 79.4 Å². The highest BCUT2D eigenvalue weighted by Crippen LogP contribution is 2.34. The van der Waals surface area contributed by atoms with Crippen LogP contribution in [0.25, 0.3) is 11.3 Å². The normalized spacial score (nSPS) is 14.3. The molecular weight excluding hydrogens is 579 g/mol. The van der Waals surface area contributed by atoms with Gasteiger partial charge in [-0.25, -0.2) is 0 Å². The summed E-state index contributed by atoms with van der Waals surface area (Å²) >= 11 is 5.93. The molecule has 0 saturated carbocycles. The molecule has 224 valence electrons. The number of aliphatic hydroxyl groups is 1. The number of carbonyl (C=O) groups excluding carboxylic acids is 1. The van der Waals surface area contributed by atoms with Crippen molar-refractivity contribution in [1.82, 2.24) is 15.3 Å². The number of hydrogen-bond donors (Lipinski definition) is 3. The van der Waals surface area contributed by atoms with Gasteiger partial charge >= 0.3 is 6.18 Å². The second-order valence-corrected chi connectivity index (χ2v) is 10.6. The monoisotopic (exact) mass is 609 g/mol. The van der Waals surface area contributed by atoms with Crippen LogP contribution < -0.4 is 15.5 Å². The topological polar surface area (TPSA) is 90.4 Å². The highest BCUT2D eigenvalue weighted by atomic mass is 35.5. The van der Waals surface area contributed by atoms with Crippen LogP contribution in [0.4, 0.5) is 24.5 Å². The zero-order valence-electron chi connectivity index (χ0n) is 23.2. The summed E-state index contributed by atoms with van der Waals surface area (Å²) in [5.74, 6) is -0.243. The Kier molecular flexibility index (Phi) is 9.47. The number of carbonyl (C=O) groups is 1. The fourth-order valence-corrected chi connectivity index (χ4v) is 5.17. The number of halogens is 4. The first-order valence-electron chi connectivity index (χ1n) is 14.0. The van der Waals surface area contributed by atoms with Crippen molar-refractivity contribution in [3.05, 3.63) is 107 Å². The second kappa shape index (κ2) is 13.4. The van der Waals surface area contributed by atoms with Crippen LogP contribution in [-0.4, -0.2) is 34.1 Å². The Morgan fingerprint density at radius 3 is 2.56 bits per heavy atom. The van der Waals surface area contributed by atoms with Crippen molar-refractivity contribution in [3.8, 4) is 11.3 Å². The lowest BCUT2D eigenvalue weighted by atomic mass is 10.0. The molecule has 2 aromatic heterocycles. The summed E-state index contributed by atoms with van der Waals surface area (Å²) in [4.78, 5) is 24.3. The van der Waals surface area contributed by atoms with Gasteiger partial charge in [-0.15, -0.1) is 11.6 Å². The van der Waals surface area contributed by atoms with E-state index in [1.54, 1.807) is 30.3 Å². The molecule has 1 saturated heterocycles. The van der Waals surface area contributed by atoms with Gasteiger partial charge in [0.15, 0.2) is 6.23 Å². The maximum atomic E-state index is 13.1. The molecule has 1 aliphatic rings. The van der Waals surface area contributed by atoms with E-state index in [0.29, 0.717) is 39.5 Å². The van der Waals surface area contributed by atoms with Crippen LogP contribution >= 0.6 is 11.6 Å². The van der Waals surface area contributed by atoms with E-state index in [-0.39, 0.29) is 12.4 Å². The summed E-state index contributed by atoms with van der Waals surface area (Å²) in [6, 6.07) is 19.1. The van der Waals surface area contributed by atoms with Gasteiger partial charge in [0.1, 0.15) is 0 Å². The SMILES string of the molecule is O=C(NCc1cccc(C(F)(F)F)c1)c1ccnc(-c2cc(N3CCCCC3)ccc2NC(O)c2cccc(CCl)n2)c1. The first kappa shape index (κ1) is 30.3. The Morgan fingerprint density at radius 2 is 1.79 bits per heavy atom. The van der Waals surface area contributed by atoms with Gasteiger partial charge in [0.2, 0.25) is 0 Å². The molecule has 11 heteroatoms. The number of pyridine rings is 2. The highest BCUT2D eigenvalue weighted by Gasteiger charge is 2.30. The zero-order valence-corrected chi connectivity index (χ0v) is 24.0. The van der Waals surface area contributed by atoms with Crippen molar-refractivity contribution in [3.63, 3.8) is 0 Å². The first-order chi connectivity index (χ1) is 20.7. The molecule has 3 N–H and O–H groups in total. The molecule has 5 rings (SSSR count). The number of rotatable bonds is 9. The third kappa shape index (κ3) is 7.63. The first-order valence-corrected chi connectivity index (χ1v) is 14.5. The Bertz CT molecular complexity index is 1580. The summed E-state index contributed by atoms with van der Waals surface area (Å²) in [6.07, 6.45) is -0.726. The Morgan fingerprint density at radius 1 is 1.00 bits per heavy atom. The number of anilines is 2. The quantitative estimate of drug-likeness (QED) is 0.141. The number of aliphatic hydroxyl groups excluding tert-OH is 1. The number of alkyl halides is 4. The van der Waals surface area contributed by atoms with Gasteiger partial charge in [-0.1, -0.05) is 18.2 Å². The average molecular weight is 610 g/mol. The van der Waals surface area contributed by atoms with E-state index in [4.69, 9.17) is 11.6 Å². The summed E-state index contributed by atoms with van der Waals surface area (Å²) in [6.45, 7) is 1.78. The van der Waals surface area contributed by atoms with Crippen LogP contribution in [0.1, 0.15) is 58.4 Å². The molecule has 1 amide bonds. The van der Waals surface area contributed by atoms with Crippen molar-refractivity contribution in [2.75, 3.05) is 23.3 Å². The van der Waals surface area contributed by atoms with Crippen LogP contribution in [0.3, 0.4) is 0 Å². The van der Waals surface area contributed by atoms with E-state index in [9.17, 15) is 23.1 Å². The van der Waals surface area contributed by atoms with Gasteiger partial charge in [0, 0.05) is 48.3 Å². The number of benzene rings is 2. The maximum Gasteiger partial charge on any atom is 0.416 e. The summed E-state index contributed by atoms with van der Waals surface area (Å²) in [7, 11) is 0. The molecule has 0 spiro atoms. The lowest BCUT2D eigenvalue weighted by Gasteiger charge is -2.29. The molecule has 0 radical (unpaired) electrons. The second-order valence-electron chi connectivity index (χ2n) is 10.3. The lowest BCUT2D eigenvalue weighted by Crippen LogP contribution is -2.29. The van der Waals surface area contributed by atoms with Crippen LogP contribution in [0.2, 0.25) is 0 Å². The lowest BCUT2D eigenvalue weighted by molar-refractivity contribution is -0.137. The molecular formula is C32H31ClF3N5O2. The number of amides is 1. The molecule has 1 aliphatic heterocycles. The van der Waals surface area contributed by atoms with E-state index in [2.05, 4.69) is 25.5 Å². The molecule has 1 unspecified atom stereocenters. The molecule has 7 nitrogen and oxygen atoms in total. The third-order valence-corrected chi connectivity index (χ3v) is 7.54. The van der Waals surface area contributed by atoms with Gasteiger partial charge in [-0.3, -0.25) is 14.8 Å². The minimum atomic E-state index is -4.47. The highest BCUT2D eigenvalue weighted by molar-refractivity contribution is 6.16. The van der Waals surface area contributed by atoms with Gasteiger partial charge < -0.3 is 20.6 Å². The van der Waals surface area contributed by atoms with E-state index in [0.717, 1.165) is 43.8 Å². The Balaban J connectivity index is 1.41. The van der Waals surface area contributed by atoms with Crippen LogP contribution in [-0.2, 0) is 18.6 Å². The third-order valence-electron chi connectivity index (χ3n) is 7.27. The smallest absolute Gasteiger partial charge is 0.372 e. The van der Waals surface area contributed by atoms with Crippen molar-refractivity contribution in [1.29, 1.82) is 0 Å². The van der Waals surface area contributed by atoms with Crippen molar-refractivity contribution in [2.45, 2.75) is 44.1 Å². The standard InChI is InChI=1S/C32H31ClF3N5O2/c33-19-24-8-5-9-28(39-24)31(43)40-27-11-10-25(41-14-2-1-3-15-41)18-26(27)29-17-22(12-13-37-29)30(42)38-20-21-6-4-7-23(16-21)32(34,35)36/h4-13,16-18,31,40,43H,1-3,14-15,19-20H2,(H,38,42). The van der Waals surface area contributed by atoms with Gasteiger partial charge in [0.25, 0.3) is 5.91 Å². The number of nitrogens with zero attached hydrogens (tertiary/aromatic N) is 3. The van der Waals surface area contributed by atoms with E-state index >= 15 is 0 Å². The molecule has 0 aliphatic carbocycles. The van der Waals surface area contributed by atoms with E-state index in [1.807, 2.05) is 18.2 Å². The van der Waals surface area contributed by atoms with Crippen molar-refractivity contribution in [2.24, 2.45) is 0 Å². The predicted molar refractivity (Wildman–Crippen MR) is 161 cm³/mol. The summed E-state index contributed by atoms with van der Waals surface area (Å²) in [5, 5.41) is 16.8. The van der Waals surface area contributed by atoms with Crippen molar-refractivity contribution >= 4 is 28.9 Å². The molecule has 1 atom stereocenters. The van der Waals surface area contributed by atoms with Crippen molar-refractivity contribution < 1.29 is 23.1 Å². The van der Waals surface area contributed by atoms with Crippen LogP contribution in [0.5, 0.6) is 0 Å². The van der Waals surface area contributed by atoms with E-state index in [1.165, 1.54) is 24.8 Å². The molecule has 1 fully saturated rings. The van der Waals surface area contributed by atoms with Gasteiger partial charge in [0.05, 0.1) is 28.5 Å². The number of aromatic nitrogens is 2. The molecule has 4 aromatic rings. The van der Waals surface area contributed by atoms with Crippen LogP contribution in [0, 0.1) is 0 Å². The number of hydrogen-bond acceptors (Lipinski definition) is 6. The maximum absolute atomic E-state index is 13.1. The van der Waals surface area contributed by atoms with Crippen LogP contribution in [0.15, 0.2) is 79.0 Å². The zero-order chi connectivity index (χ0) is 30.4. The minimum absolute atomic E-state index is 0.0712. The number of nitrogens with one attached hydrogen (secondary N) is 2. The average Bonchev–Trinajstić information content (AvgIpc) is 3.04. The fraction of sp³-hybridized carbons (Fsp3) is 0.281. The summed E-state index contributed by atoms with van der Waals surface area (Å²) in [5.41, 5.74) is 3.63.